The van der Waals surface area contributed by atoms with Crippen LogP contribution in [0.1, 0.15) is 28.8 Å². The van der Waals surface area contributed by atoms with Gasteiger partial charge in [0.05, 0.1) is 17.5 Å². The van der Waals surface area contributed by atoms with Crippen LogP contribution < -0.4 is 4.90 Å². The van der Waals surface area contributed by atoms with Gasteiger partial charge in [-0.3, -0.25) is 4.79 Å². The van der Waals surface area contributed by atoms with Crippen LogP contribution in [0.15, 0.2) is 22.8 Å². The number of anilines is 1. The van der Waals surface area contributed by atoms with Crippen molar-refractivity contribution >= 4 is 28.5 Å². The number of carbonyl (C=O) groups excluding carboxylic acids is 1. The van der Waals surface area contributed by atoms with Crippen LogP contribution in [-0.4, -0.2) is 23.5 Å². The summed E-state index contributed by atoms with van der Waals surface area (Å²) in [5.74, 6) is -0.992. The number of fused-ring (bicyclic) bond motifs is 1. The Morgan fingerprint density at radius 3 is 2.84 bits per heavy atom. The van der Waals surface area contributed by atoms with Crippen LogP contribution in [0.2, 0.25) is 0 Å². The molecule has 0 saturated carbocycles. The standard InChI is InChI=1S/C14H13NO4/c1-8-7-19-13-10(8)5-9(14(17)18)6-11(13)15-4-2-3-12(15)16/h5-7H,2-4H2,1H3,(H,17,18). The molecule has 19 heavy (non-hydrogen) atoms. The third-order valence-electron chi connectivity index (χ3n) is 3.46. The summed E-state index contributed by atoms with van der Waals surface area (Å²) in [6, 6.07) is 3.09. The Hall–Kier alpha value is -2.30. The van der Waals surface area contributed by atoms with E-state index < -0.39 is 5.97 Å². The van der Waals surface area contributed by atoms with Crippen molar-refractivity contribution in [2.45, 2.75) is 19.8 Å². The van der Waals surface area contributed by atoms with Gasteiger partial charge in [0, 0.05) is 18.4 Å². The largest absolute Gasteiger partial charge is 0.478 e. The molecule has 1 aromatic carbocycles. The van der Waals surface area contributed by atoms with Gasteiger partial charge in [-0.05, 0) is 31.0 Å². The molecule has 0 radical (unpaired) electrons. The Kier molecular flexibility index (Phi) is 2.55. The van der Waals surface area contributed by atoms with Gasteiger partial charge < -0.3 is 14.4 Å². The highest BCUT2D eigenvalue weighted by Gasteiger charge is 2.26. The van der Waals surface area contributed by atoms with Crippen LogP contribution in [0.25, 0.3) is 11.0 Å². The first-order valence-electron chi connectivity index (χ1n) is 6.13. The van der Waals surface area contributed by atoms with Gasteiger partial charge in [0.15, 0.2) is 5.58 Å². The molecule has 0 bridgehead atoms. The Bertz CT molecular complexity index is 686. The van der Waals surface area contributed by atoms with E-state index in [4.69, 9.17) is 4.42 Å². The number of carboxylic acid groups (broad SMARTS) is 1. The van der Waals surface area contributed by atoms with Gasteiger partial charge in [-0.2, -0.15) is 0 Å². The van der Waals surface area contributed by atoms with Crippen molar-refractivity contribution in [3.63, 3.8) is 0 Å². The number of carboxylic acids is 1. The molecule has 3 rings (SSSR count). The number of nitrogens with zero attached hydrogens (tertiary/aromatic N) is 1. The van der Waals surface area contributed by atoms with Crippen LogP contribution in [-0.2, 0) is 4.79 Å². The topological polar surface area (TPSA) is 70.8 Å². The van der Waals surface area contributed by atoms with E-state index in [0.717, 1.165) is 17.4 Å². The molecule has 0 atom stereocenters. The average molecular weight is 259 g/mol. The van der Waals surface area contributed by atoms with E-state index in [2.05, 4.69) is 0 Å². The lowest BCUT2D eigenvalue weighted by Gasteiger charge is -2.16. The lowest BCUT2D eigenvalue weighted by Crippen LogP contribution is -2.24. The van der Waals surface area contributed by atoms with E-state index in [-0.39, 0.29) is 11.5 Å². The zero-order valence-electron chi connectivity index (χ0n) is 10.5. The minimum atomic E-state index is -1.00. The van der Waals surface area contributed by atoms with Gasteiger partial charge in [0.2, 0.25) is 5.91 Å². The Morgan fingerprint density at radius 2 is 2.21 bits per heavy atom. The number of aryl methyl sites for hydroxylation is 1. The molecule has 5 nitrogen and oxygen atoms in total. The van der Waals surface area contributed by atoms with Gasteiger partial charge >= 0.3 is 5.97 Å². The molecule has 1 aliphatic rings. The Labute approximate surface area is 109 Å². The molecule has 2 heterocycles. The molecule has 1 fully saturated rings. The average Bonchev–Trinajstić information content (AvgIpc) is 2.95. The van der Waals surface area contributed by atoms with Crippen LogP contribution in [0.4, 0.5) is 5.69 Å². The molecule has 5 heteroatoms. The maximum Gasteiger partial charge on any atom is 0.335 e. The first-order chi connectivity index (χ1) is 9.08. The van der Waals surface area contributed by atoms with Crippen molar-refractivity contribution in [1.29, 1.82) is 0 Å². The lowest BCUT2D eigenvalue weighted by atomic mass is 10.1. The Morgan fingerprint density at radius 1 is 1.42 bits per heavy atom. The second-order valence-corrected chi connectivity index (χ2v) is 4.74. The number of rotatable bonds is 2. The quantitative estimate of drug-likeness (QED) is 0.899. The zero-order chi connectivity index (χ0) is 13.6. The van der Waals surface area contributed by atoms with Crippen molar-refractivity contribution in [3.05, 3.63) is 29.5 Å². The van der Waals surface area contributed by atoms with Gasteiger partial charge in [-0.1, -0.05) is 0 Å². The normalized spacial score (nSPS) is 15.4. The van der Waals surface area contributed by atoms with E-state index in [1.165, 1.54) is 6.07 Å². The number of hydrogen-bond donors (Lipinski definition) is 1. The maximum atomic E-state index is 11.8. The molecule has 2 aromatic rings. The molecule has 0 spiro atoms. The maximum absolute atomic E-state index is 11.8. The fourth-order valence-corrected chi connectivity index (χ4v) is 2.47. The molecule has 1 N–H and O–H groups in total. The van der Waals surface area contributed by atoms with Crippen molar-refractivity contribution in [3.8, 4) is 0 Å². The summed E-state index contributed by atoms with van der Waals surface area (Å²) in [5.41, 5.74) is 2.18. The highest BCUT2D eigenvalue weighted by molar-refractivity contribution is 6.06. The van der Waals surface area contributed by atoms with E-state index in [0.29, 0.717) is 24.2 Å². The van der Waals surface area contributed by atoms with Gasteiger partial charge in [0.25, 0.3) is 0 Å². The van der Waals surface area contributed by atoms with E-state index in [1.54, 1.807) is 17.2 Å². The van der Waals surface area contributed by atoms with Crippen molar-refractivity contribution in [2.75, 3.05) is 11.4 Å². The summed E-state index contributed by atoms with van der Waals surface area (Å²) in [4.78, 5) is 24.6. The fraction of sp³-hybridized carbons (Fsp3) is 0.286. The zero-order valence-corrected chi connectivity index (χ0v) is 10.5. The molecule has 1 amide bonds. The lowest BCUT2D eigenvalue weighted by molar-refractivity contribution is -0.117. The van der Waals surface area contributed by atoms with E-state index >= 15 is 0 Å². The highest BCUT2D eigenvalue weighted by atomic mass is 16.4. The molecule has 1 aliphatic heterocycles. The molecule has 1 aromatic heterocycles. The van der Waals surface area contributed by atoms with Crippen LogP contribution in [0.5, 0.6) is 0 Å². The number of hydrogen-bond acceptors (Lipinski definition) is 3. The van der Waals surface area contributed by atoms with Crippen LogP contribution >= 0.6 is 0 Å². The van der Waals surface area contributed by atoms with Crippen molar-refractivity contribution in [2.24, 2.45) is 0 Å². The molecule has 1 saturated heterocycles. The second-order valence-electron chi connectivity index (χ2n) is 4.74. The first-order valence-corrected chi connectivity index (χ1v) is 6.13. The third kappa shape index (κ3) is 1.78. The highest BCUT2D eigenvalue weighted by Crippen LogP contribution is 2.34. The number of benzene rings is 1. The van der Waals surface area contributed by atoms with Crippen LogP contribution in [0, 0.1) is 6.92 Å². The molecular weight excluding hydrogens is 246 g/mol. The third-order valence-corrected chi connectivity index (χ3v) is 3.46. The Balaban J connectivity index is 2.26. The van der Waals surface area contributed by atoms with Crippen LogP contribution in [0.3, 0.4) is 0 Å². The molecule has 0 unspecified atom stereocenters. The predicted molar refractivity (Wildman–Crippen MR) is 69.5 cm³/mol. The number of carbonyl (C=O) groups is 2. The second kappa shape index (κ2) is 4.12. The monoisotopic (exact) mass is 259 g/mol. The number of furan rings is 1. The minimum Gasteiger partial charge on any atom is -0.478 e. The summed E-state index contributed by atoms with van der Waals surface area (Å²) in [7, 11) is 0. The molecular formula is C14H13NO4. The SMILES string of the molecule is Cc1coc2c(N3CCCC3=O)cc(C(=O)O)cc12. The minimum absolute atomic E-state index is 0.0119. The summed E-state index contributed by atoms with van der Waals surface area (Å²) in [6.45, 7) is 2.46. The van der Waals surface area contributed by atoms with Gasteiger partial charge in [0.1, 0.15) is 0 Å². The smallest absolute Gasteiger partial charge is 0.335 e. The molecule has 98 valence electrons. The number of aromatic carboxylic acids is 1. The van der Waals surface area contributed by atoms with E-state index in [9.17, 15) is 14.7 Å². The summed E-state index contributed by atoms with van der Waals surface area (Å²) in [5, 5.41) is 9.92. The summed E-state index contributed by atoms with van der Waals surface area (Å²) >= 11 is 0. The fourth-order valence-electron chi connectivity index (χ4n) is 2.47. The predicted octanol–water partition coefficient (Wildman–Crippen LogP) is 2.57. The van der Waals surface area contributed by atoms with Crippen molar-refractivity contribution < 1.29 is 19.1 Å². The van der Waals surface area contributed by atoms with E-state index in [1.807, 2.05) is 6.92 Å². The summed E-state index contributed by atoms with van der Waals surface area (Å²) in [6.07, 6.45) is 2.87. The van der Waals surface area contributed by atoms with Gasteiger partial charge in [-0.25, -0.2) is 4.79 Å². The first kappa shape index (κ1) is 11.8. The number of amides is 1. The van der Waals surface area contributed by atoms with Crippen molar-refractivity contribution in [1.82, 2.24) is 0 Å². The summed E-state index contributed by atoms with van der Waals surface area (Å²) < 4.78 is 5.49. The van der Waals surface area contributed by atoms with Gasteiger partial charge in [-0.15, -0.1) is 0 Å². The molecule has 0 aliphatic carbocycles.